The first-order valence-electron chi connectivity index (χ1n) is 4.87. The molecule has 0 aliphatic carbocycles. The Labute approximate surface area is 90.1 Å². The SMILES string of the molecule is CNCCC(=O)OCC(=O)OC(C)(C)C. The van der Waals surface area contributed by atoms with E-state index in [0.717, 1.165) is 0 Å². The predicted molar refractivity (Wildman–Crippen MR) is 55.3 cm³/mol. The summed E-state index contributed by atoms with van der Waals surface area (Å²) < 4.78 is 9.66. The molecule has 0 aromatic heterocycles. The fourth-order valence-electron chi connectivity index (χ4n) is 0.810. The number of hydrogen-bond acceptors (Lipinski definition) is 5. The van der Waals surface area contributed by atoms with Gasteiger partial charge in [0.15, 0.2) is 6.61 Å². The lowest BCUT2D eigenvalue weighted by Gasteiger charge is -2.19. The van der Waals surface area contributed by atoms with Crippen molar-refractivity contribution < 1.29 is 19.1 Å². The summed E-state index contributed by atoms with van der Waals surface area (Å²) in [5.74, 6) is -0.935. The molecule has 0 spiro atoms. The van der Waals surface area contributed by atoms with Crippen LogP contribution in [0.5, 0.6) is 0 Å². The third-order valence-electron chi connectivity index (χ3n) is 1.35. The lowest BCUT2D eigenvalue weighted by Crippen LogP contribution is -2.27. The van der Waals surface area contributed by atoms with Crippen LogP contribution in [0.3, 0.4) is 0 Å². The summed E-state index contributed by atoms with van der Waals surface area (Å²) in [6.07, 6.45) is 0.249. The zero-order valence-corrected chi connectivity index (χ0v) is 9.75. The zero-order valence-electron chi connectivity index (χ0n) is 9.75. The number of ether oxygens (including phenoxy) is 2. The molecular formula is C10H19NO4. The van der Waals surface area contributed by atoms with Crippen molar-refractivity contribution in [3.8, 4) is 0 Å². The van der Waals surface area contributed by atoms with Gasteiger partial charge >= 0.3 is 11.9 Å². The summed E-state index contributed by atoms with van der Waals surface area (Å²) in [4.78, 5) is 22.1. The number of carbonyl (C=O) groups excluding carboxylic acids is 2. The third-order valence-corrected chi connectivity index (χ3v) is 1.35. The van der Waals surface area contributed by atoms with E-state index >= 15 is 0 Å². The maximum absolute atomic E-state index is 11.1. The molecule has 1 N–H and O–H groups in total. The van der Waals surface area contributed by atoms with Crippen LogP contribution in [0.4, 0.5) is 0 Å². The zero-order chi connectivity index (χ0) is 11.9. The molecule has 0 amide bonds. The van der Waals surface area contributed by atoms with Crippen molar-refractivity contribution in [1.82, 2.24) is 5.32 Å². The number of nitrogens with one attached hydrogen (secondary N) is 1. The first kappa shape index (κ1) is 13.9. The van der Waals surface area contributed by atoms with E-state index in [2.05, 4.69) is 5.32 Å². The van der Waals surface area contributed by atoms with Gasteiger partial charge in [0.1, 0.15) is 5.60 Å². The van der Waals surface area contributed by atoms with Gasteiger partial charge in [0.05, 0.1) is 6.42 Å². The quantitative estimate of drug-likeness (QED) is 0.679. The molecule has 5 heteroatoms. The topological polar surface area (TPSA) is 64.6 Å². The average Bonchev–Trinajstić information content (AvgIpc) is 2.08. The first-order valence-corrected chi connectivity index (χ1v) is 4.87. The minimum absolute atomic E-state index is 0.249. The van der Waals surface area contributed by atoms with Gasteiger partial charge in [-0.15, -0.1) is 0 Å². The minimum atomic E-state index is -0.547. The van der Waals surface area contributed by atoms with Crippen LogP contribution in [-0.2, 0) is 19.1 Å². The van der Waals surface area contributed by atoms with Gasteiger partial charge in [-0.3, -0.25) is 4.79 Å². The molecule has 0 radical (unpaired) electrons. The molecule has 0 atom stereocenters. The average molecular weight is 217 g/mol. The Bertz CT molecular complexity index is 220. The highest BCUT2D eigenvalue weighted by atomic mass is 16.6. The van der Waals surface area contributed by atoms with Gasteiger partial charge < -0.3 is 14.8 Å². The van der Waals surface area contributed by atoms with Gasteiger partial charge in [-0.2, -0.15) is 0 Å². The second-order valence-corrected chi connectivity index (χ2v) is 4.10. The smallest absolute Gasteiger partial charge is 0.344 e. The molecule has 0 aliphatic heterocycles. The molecule has 0 bridgehead atoms. The maximum Gasteiger partial charge on any atom is 0.344 e. The van der Waals surface area contributed by atoms with Crippen LogP contribution in [0.25, 0.3) is 0 Å². The fraction of sp³-hybridized carbons (Fsp3) is 0.800. The largest absolute Gasteiger partial charge is 0.457 e. The molecular weight excluding hydrogens is 198 g/mol. The van der Waals surface area contributed by atoms with Crippen LogP contribution < -0.4 is 5.32 Å². The second-order valence-electron chi connectivity index (χ2n) is 4.10. The normalized spacial score (nSPS) is 10.9. The Kier molecular flexibility index (Phi) is 5.93. The molecule has 0 saturated carbocycles. The van der Waals surface area contributed by atoms with Crippen molar-refractivity contribution in [2.75, 3.05) is 20.2 Å². The number of rotatable bonds is 5. The third kappa shape index (κ3) is 9.21. The summed E-state index contributed by atoms with van der Waals surface area (Å²) in [7, 11) is 1.74. The summed E-state index contributed by atoms with van der Waals surface area (Å²) in [6.45, 7) is 5.49. The summed E-state index contributed by atoms with van der Waals surface area (Å²) in [5.41, 5.74) is -0.547. The van der Waals surface area contributed by atoms with Crippen molar-refractivity contribution in [3.63, 3.8) is 0 Å². The fourth-order valence-corrected chi connectivity index (χ4v) is 0.810. The van der Waals surface area contributed by atoms with Gasteiger partial charge in [-0.1, -0.05) is 0 Å². The highest BCUT2D eigenvalue weighted by Gasteiger charge is 2.17. The van der Waals surface area contributed by atoms with Crippen molar-refractivity contribution >= 4 is 11.9 Å². The van der Waals surface area contributed by atoms with E-state index in [0.29, 0.717) is 6.54 Å². The summed E-state index contributed by atoms with van der Waals surface area (Å²) in [5, 5.41) is 2.81. The molecule has 0 aromatic carbocycles. The Balaban J connectivity index is 3.67. The number of hydrogen-bond donors (Lipinski definition) is 1. The van der Waals surface area contributed by atoms with E-state index in [9.17, 15) is 9.59 Å². The lowest BCUT2D eigenvalue weighted by atomic mass is 10.2. The maximum atomic E-state index is 11.1. The molecule has 0 aromatic rings. The van der Waals surface area contributed by atoms with E-state index in [1.165, 1.54) is 0 Å². The molecule has 0 saturated heterocycles. The molecule has 0 unspecified atom stereocenters. The van der Waals surface area contributed by atoms with E-state index in [4.69, 9.17) is 9.47 Å². The monoisotopic (exact) mass is 217 g/mol. The van der Waals surface area contributed by atoms with Gasteiger partial charge in [-0.25, -0.2) is 4.79 Å². The molecule has 5 nitrogen and oxygen atoms in total. The van der Waals surface area contributed by atoms with Crippen LogP contribution in [0, 0.1) is 0 Å². The molecule has 88 valence electrons. The Morgan fingerprint density at radius 1 is 1.20 bits per heavy atom. The van der Waals surface area contributed by atoms with Crippen molar-refractivity contribution in [2.45, 2.75) is 32.8 Å². The highest BCUT2D eigenvalue weighted by Crippen LogP contribution is 2.06. The van der Waals surface area contributed by atoms with Crippen molar-refractivity contribution in [1.29, 1.82) is 0 Å². The first-order chi connectivity index (χ1) is 6.85. The van der Waals surface area contributed by atoms with E-state index in [1.807, 2.05) is 0 Å². The van der Waals surface area contributed by atoms with Crippen LogP contribution in [0.1, 0.15) is 27.2 Å². The lowest BCUT2D eigenvalue weighted by molar-refractivity contribution is -0.166. The Hall–Kier alpha value is -1.10. The predicted octanol–water partition coefficient (Wildman–Crippen LogP) is 0.481. The molecule has 0 heterocycles. The van der Waals surface area contributed by atoms with Gasteiger partial charge in [0, 0.05) is 6.54 Å². The molecule has 15 heavy (non-hydrogen) atoms. The van der Waals surface area contributed by atoms with Crippen LogP contribution in [-0.4, -0.2) is 37.7 Å². The summed E-state index contributed by atoms with van der Waals surface area (Å²) >= 11 is 0. The van der Waals surface area contributed by atoms with E-state index in [-0.39, 0.29) is 13.0 Å². The van der Waals surface area contributed by atoms with Crippen LogP contribution in [0.2, 0.25) is 0 Å². The Morgan fingerprint density at radius 2 is 1.80 bits per heavy atom. The van der Waals surface area contributed by atoms with E-state index < -0.39 is 17.5 Å². The minimum Gasteiger partial charge on any atom is -0.457 e. The standard InChI is InChI=1S/C10H19NO4/c1-10(2,3)15-9(13)7-14-8(12)5-6-11-4/h11H,5-7H2,1-4H3. The van der Waals surface area contributed by atoms with Gasteiger partial charge in [0.2, 0.25) is 0 Å². The van der Waals surface area contributed by atoms with Crippen LogP contribution in [0.15, 0.2) is 0 Å². The summed E-state index contributed by atoms with van der Waals surface area (Å²) in [6, 6.07) is 0. The van der Waals surface area contributed by atoms with E-state index in [1.54, 1.807) is 27.8 Å². The Morgan fingerprint density at radius 3 is 2.27 bits per heavy atom. The highest BCUT2D eigenvalue weighted by molar-refractivity contribution is 5.76. The number of carbonyl (C=O) groups is 2. The second kappa shape index (κ2) is 6.40. The molecule has 0 fully saturated rings. The van der Waals surface area contributed by atoms with Gasteiger partial charge in [0.25, 0.3) is 0 Å². The van der Waals surface area contributed by atoms with Crippen LogP contribution >= 0.6 is 0 Å². The van der Waals surface area contributed by atoms with Crippen molar-refractivity contribution in [3.05, 3.63) is 0 Å². The van der Waals surface area contributed by atoms with Crippen molar-refractivity contribution in [2.24, 2.45) is 0 Å². The number of esters is 2. The van der Waals surface area contributed by atoms with Gasteiger partial charge in [-0.05, 0) is 27.8 Å². The molecule has 0 rings (SSSR count). The molecule has 0 aliphatic rings.